The molecule has 1 spiro atoms. The SMILES string of the molecule is COC(=O)C1CC(=O)N(OCc2cccc(OC)c2)C12CCN(Cc1cccc(-c3ccco3)c1)CC2. The Bertz CT molecular complexity index is 1230. The lowest BCUT2D eigenvalue weighted by Gasteiger charge is -2.45. The second-order valence-electron chi connectivity index (χ2n) is 9.65. The van der Waals surface area contributed by atoms with E-state index in [2.05, 4.69) is 17.0 Å². The summed E-state index contributed by atoms with van der Waals surface area (Å²) in [6, 6.07) is 19.7. The van der Waals surface area contributed by atoms with Crippen LogP contribution >= 0.6 is 0 Å². The topological polar surface area (TPSA) is 81.5 Å². The van der Waals surface area contributed by atoms with Crippen LogP contribution in [0.2, 0.25) is 0 Å². The van der Waals surface area contributed by atoms with Crippen LogP contribution in [-0.4, -0.2) is 54.7 Å². The van der Waals surface area contributed by atoms with Crippen molar-refractivity contribution in [3.63, 3.8) is 0 Å². The number of nitrogens with zero attached hydrogens (tertiary/aromatic N) is 2. The zero-order valence-corrected chi connectivity index (χ0v) is 21.2. The molecule has 2 fully saturated rings. The first-order valence-corrected chi connectivity index (χ1v) is 12.5. The Morgan fingerprint density at radius 3 is 2.54 bits per heavy atom. The average Bonchev–Trinajstić information content (AvgIpc) is 3.56. The zero-order valence-electron chi connectivity index (χ0n) is 21.2. The van der Waals surface area contributed by atoms with Gasteiger partial charge in [-0.3, -0.25) is 19.3 Å². The molecule has 0 saturated carbocycles. The van der Waals surface area contributed by atoms with Crippen molar-refractivity contribution in [1.82, 2.24) is 9.96 Å². The van der Waals surface area contributed by atoms with Crippen LogP contribution in [0.4, 0.5) is 0 Å². The van der Waals surface area contributed by atoms with Crippen LogP contribution in [0.25, 0.3) is 11.3 Å². The fourth-order valence-corrected chi connectivity index (χ4v) is 5.56. The minimum Gasteiger partial charge on any atom is -0.497 e. The lowest BCUT2D eigenvalue weighted by atomic mass is 9.77. The number of piperidine rings is 1. The molecule has 1 unspecified atom stereocenters. The number of amides is 1. The Kier molecular flexibility index (Phi) is 7.30. The molecule has 2 saturated heterocycles. The molecule has 1 atom stereocenters. The minimum atomic E-state index is -0.727. The monoisotopic (exact) mass is 504 g/mol. The number of methoxy groups -OCH3 is 2. The predicted octanol–water partition coefficient (Wildman–Crippen LogP) is 4.44. The molecule has 0 N–H and O–H groups in total. The molecule has 2 aromatic carbocycles. The molecule has 1 aromatic heterocycles. The number of esters is 1. The third kappa shape index (κ3) is 5.12. The van der Waals surface area contributed by atoms with Crippen molar-refractivity contribution in [2.45, 2.75) is 38.0 Å². The molecule has 2 aliphatic heterocycles. The Balaban J connectivity index is 1.30. The van der Waals surface area contributed by atoms with Crippen molar-refractivity contribution in [3.05, 3.63) is 78.1 Å². The summed E-state index contributed by atoms with van der Waals surface area (Å²) in [5.41, 5.74) is 2.39. The molecule has 8 heteroatoms. The fourth-order valence-electron chi connectivity index (χ4n) is 5.56. The minimum absolute atomic E-state index is 0.0932. The molecule has 194 valence electrons. The summed E-state index contributed by atoms with van der Waals surface area (Å²) in [4.78, 5) is 34.3. The van der Waals surface area contributed by atoms with E-state index in [-0.39, 0.29) is 24.9 Å². The number of rotatable bonds is 8. The molecule has 3 aromatic rings. The maximum absolute atomic E-state index is 13.1. The van der Waals surface area contributed by atoms with Crippen LogP contribution in [0, 0.1) is 5.92 Å². The van der Waals surface area contributed by atoms with E-state index in [1.807, 2.05) is 48.5 Å². The van der Waals surface area contributed by atoms with Crippen LogP contribution in [0.15, 0.2) is 71.3 Å². The van der Waals surface area contributed by atoms with Gasteiger partial charge in [0.15, 0.2) is 0 Å². The van der Waals surface area contributed by atoms with E-state index < -0.39 is 11.5 Å². The number of benzene rings is 2. The van der Waals surface area contributed by atoms with Gasteiger partial charge in [-0.1, -0.05) is 30.3 Å². The molecule has 5 rings (SSSR count). The predicted molar refractivity (Wildman–Crippen MR) is 136 cm³/mol. The average molecular weight is 505 g/mol. The van der Waals surface area contributed by atoms with Crippen LogP contribution in [-0.2, 0) is 32.3 Å². The Labute approximate surface area is 216 Å². The molecule has 37 heavy (non-hydrogen) atoms. The summed E-state index contributed by atoms with van der Waals surface area (Å²) in [7, 11) is 2.99. The van der Waals surface area contributed by atoms with Gasteiger partial charge in [-0.2, -0.15) is 0 Å². The fraction of sp³-hybridized carbons (Fsp3) is 0.379. The summed E-state index contributed by atoms with van der Waals surface area (Å²) in [6.45, 7) is 2.43. The van der Waals surface area contributed by atoms with Gasteiger partial charge in [-0.15, -0.1) is 0 Å². The third-order valence-corrected chi connectivity index (χ3v) is 7.50. The highest BCUT2D eigenvalue weighted by atomic mass is 16.7. The summed E-state index contributed by atoms with van der Waals surface area (Å²) >= 11 is 0. The molecule has 0 aliphatic carbocycles. The van der Waals surface area contributed by atoms with E-state index in [1.54, 1.807) is 13.4 Å². The maximum Gasteiger partial charge on any atom is 0.311 e. The first-order valence-electron chi connectivity index (χ1n) is 12.5. The lowest BCUT2D eigenvalue weighted by Crippen LogP contribution is -2.57. The standard InChI is InChI=1S/C29H32N2O6/c1-34-24-9-4-7-22(17-24)20-37-31-27(32)18-25(28(33)35-2)29(31)11-13-30(14-12-29)19-21-6-3-8-23(16-21)26-10-5-15-36-26/h3-10,15-17,25H,11-14,18-20H2,1-2H3. The molecule has 0 radical (unpaired) electrons. The van der Waals surface area contributed by atoms with Crippen LogP contribution < -0.4 is 4.74 Å². The number of hydroxylamine groups is 2. The van der Waals surface area contributed by atoms with Gasteiger partial charge in [-0.05, 0) is 54.3 Å². The first kappa shape index (κ1) is 25.0. The molecule has 8 nitrogen and oxygen atoms in total. The van der Waals surface area contributed by atoms with Crippen molar-refractivity contribution in [3.8, 4) is 17.1 Å². The molecule has 2 aliphatic rings. The quantitative estimate of drug-likeness (QED) is 0.420. The highest BCUT2D eigenvalue weighted by Gasteiger charge is 2.58. The number of carbonyl (C=O) groups is 2. The summed E-state index contributed by atoms with van der Waals surface area (Å²) < 4.78 is 16.0. The van der Waals surface area contributed by atoms with Crippen LogP contribution in [0.3, 0.4) is 0 Å². The molecular formula is C29H32N2O6. The van der Waals surface area contributed by atoms with E-state index in [0.29, 0.717) is 12.8 Å². The van der Waals surface area contributed by atoms with Gasteiger partial charge < -0.3 is 13.9 Å². The number of likely N-dealkylation sites (tertiary alicyclic amines) is 1. The highest BCUT2D eigenvalue weighted by molar-refractivity contribution is 5.88. The molecule has 1 amide bonds. The number of furan rings is 1. The van der Waals surface area contributed by atoms with E-state index in [1.165, 1.54) is 17.7 Å². The number of ether oxygens (including phenoxy) is 2. The van der Waals surface area contributed by atoms with Crippen molar-refractivity contribution < 1.29 is 28.3 Å². The van der Waals surface area contributed by atoms with Crippen molar-refractivity contribution >= 4 is 11.9 Å². The van der Waals surface area contributed by atoms with Gasteiger partial charge in [0, 0.05) is 31.6 Å². The smallest absolute Gasteiger partial charge is 0.311 e. The van der Waals surface area contributed by atoms with E-state index >= 15 is 0 Å². The van der Waals surface area contributed by atoms with Gasteiger partial charge in [0.2, 0.25) is 5.91 Å². The van der Waals surface area contributed by atoms with Gasteiger partial charge >= 0.3 is 5.97 Å². The Morgan fingerprint density at radius 1 is 1.03 bits per heavy atom. The van der Waals surface area contributed by atoms with E-state index in [9.17, 15) is 9.59 Å². The van der Waals surface area contributed by atoms with Gasteiger partial charge in [-0.25, -0.2) is 5.06 Å². The van der Waals surface area contributed by atoms with Crippen molar-refractivity contribution in [2.75, 3.05) is 27.3 Å². The van der Waals surface area contributed by atoms with Gasteiger partial charge in [0.05, 0.1) is 31.9 Å². The normalized spacial score (nSPS) is 19.4. The van der Waals surface area contributed by atoms with Gasteiger partial charge in [0.1, 0.15) is 18.1 Å². The number of carbonyl (C=O) groups excluding carboxylic acids is 2. The Hall–Kier alpha value is -3.62. The number of hydrogen-bond acceptors (Lipinski definition) is 7. The summed E-state index contributed by atoms with van der Waals surface area (Å²) in [5.74, 6) is 0.465. The Morgan fingerprint density at radius 2 is 1.81 bits per heavy atom. The van der Waals surface area contributed by atoms with E-state index in [0.717, 1.165) is 42.3 Å². The molecule has 3 heterocycles. The van der Waals surface area contributed by atoms with Gasteiger partial charge in [0.25, 0.3) is 0 Å². The molecular weight excluding hydrogens is 472 g/mol. The first-order chi connectivity index (χ1) is 18.0. The van der Waals surface area contributed by atoms with Crippen molar-refractivity contribution in [2.24, 2.45) is 5.92 Å². The maximum atomic E-state index is 13.1. The van der Waals surface area contributed by atoms with Crippen LogP contribution in [0.5, 0.6) is 5.75 Å². The lowest BCUT2D eigenvalue weighted by molar-refractivity contribution is -0.229. The summed E-state index contributed by atoms with van der Waals surface area (Å²) in [6.07, 6.45) is 3.01. The third-order valence-electron chi connectivity index (χ3n) is 7.50. The van der Waals surface area contributed by atoms with E-state index in [4.69, 9.17) is 18.7 Å². The zero-order chi connectivity index (χ0) is 25.8. The van der Waals surface area contributed by atoms with Crippen molar-refractivity contribution in [1.29, 1.82) is 0 Å². The molecule has 0 bridgehead atoms. The summed E-state index contributed by atoms with van der Waals surface area (Å²) in [5, 5.41) is 1.48. The second kappa shape index (κ2) is 10.8. The highest BCUT2D eigenvalue weighted by Crippen LogP contribution is 2.45. The number of hydrogen-bond donors (Lipinski definition) is 0. The second-order valence-corrected chi connectivity index (χ2v) is 9.65. The largest absolute Gasteiger partial charge is 0.497 e. The van der Waals surface area contributed by atoms with Crippen LogP contribution in [0.1, 0.15) is 30.4 Å².